The second-order valence-electron chi connectivity index (χ2n) is 2.66. The molecule has 1 aromatic carbocycles. The van der Waals surface area contributed by atoms with Gasteiger partial charge in [-0.2, -0.15) is 5.26 Å². The van der Waals surface area contributed by atoms with Gasteiger partial charge in [0, 0.05) is 10.7 Å². The molecule has 0 aliphatic carbocycles. The Morgan fingerprint density at radius 2 is 2.13 bits per heavy atom. The van der Waals surface area contributed by atoms with E-state index < -0.39 is 9.05 Å². The third kappa shape index (κ3) is 2.69. The molecule has 0 aliphatic heterocycles. The highest BCUT2D eigenvalue weighted by molar-refractivity contribution is 9.10. The van der Waals surface area contributed by atoms with Crippen LogP contribution in [0.4, 0.5) is 0 Å². The predicted octanol–water partition coefficient (Wildman–Crippen LogP) is 1.74. The van der Waals surface area contributed by atoms with Crippen LogP contribution in [0, 0.1) is 11.3 Å². The molecule has 0 saturated heterocycles. The molecule has 15 heavy (non-hydrogen) atoms. The van der Waals surface area contributed by atoms with Crippen LogP contribution in [0.1, 0.15) is 11.1 Å². The van der Waals surface area contributed by atoms with E-state index in [-0.39, 0.29) is 21.5 Å². The van der Waals surface area contributed by atoms with Crippen LogP contribution in [0.5, 0.6) is 0 Å². The van der Waals surface area contributed by atoms with Crippen molar-refractivity contribution in [2.24, 2.45) is 0 Å². The van der Waals surface area contributed by atoms with Crippen molar-refractivity contribution in [1.82, 2.24) is 0 Å². The Morgan fingerprint density at radius 1 is 1.53 bits per heavy atom. The highest BCUT2D eigenvalue weighted by Crippen LogP contribution is 2.29. The van der Waals surface area contributed by atoms with Crippen LogP contribution in [0.3, 0.4) is 0 Å². The number of aliphatic hydroxyl groups is 1. The number of halogens is 2. The molecular formula is C8H5BrClNO3S. The van der Waals surface area contributed by atoms with Crippen molar-refractivity contribution in [3.63, 3.8) is 0 Å². The van der Waals surface area contributed by atoms with E-state index in [0.29, 0.717) is 5.56 Å². The monoisotopic (exact) mass is 309 g/mol. The van der Waals surface area contributed by atoms with Crippen molar-refractivity contribution >= 4 is 35.7 Å². The van der Waals surface area contributed by atoms with Crippen molar-refractivity contribution in [3.05, 3.63) is 27.7 Å². The lowest BCUT2D eigenvalue weighted by molar-refractivity contribution is 0.281. The molecule has 0 fully saturated rings. The van der Waals surface area contributed by atoms with E-state index in [1.807, 2.05) is 0 Å². The first-order valence-corrected chi connectivity index (χ1v) is 6.78. The molecule has 7 heteroatoms. The Kier molecular flexibility index (Phi) is 3.73. The van der Waals surface area contributed by atoms with Gasteiger partial charge in [0.05, 0.1) is 21.5 Å². The van der Waals surface area contributed by atoms with Crippen LogP contribution in [0.15, 0.2) is 21.5 Å². The van der Waals surface area contributed by atoms with Crippen LogP contribution in [-0.2, 0) is 15.7 Å². The predicted molar refractivity (Wildman–Crippen MR) is 57.8 cm³/mol. The standard InChI is InChI=1S/C8H5BrClNO3S/c9-8-6(3-11)1-5(4-12)2-7(8)15(10,13)14/h1-2,12H,4H2. The molecule has 0 atom stereocenters. The topological polar surface area (TPSA) is 78.2 Å². The zero-order chi connectivity index (χ0) is 11.6. The molecule has 0 spiro atoms. The molecule has 0 saturated carbocycles. The Morgan fingerprint density at radius 3 is 2.53 bits per heavy atom. The summed E-state index contributed by atoms with van der Waals surface area (Å²) in [5.74, 6) is 0. The summed E-state index contributed by atoms with van der Waals surface area (Å²) in [6, 6.07) is 4.40. The van der Waals surface area contributed by atoms with Crippen molar-refractivity contribution in [2.75, 3.05) is 0 Å². The molecule has 80 valence electrons. The zero-order valence-electron chi connectivity index (χ0n) is 7.24. The van der Waals surface area contributed by atoms with Crippen LogP contribution in [0.25, 0.3) is 0 Å². The average molecular weight is 311 g/mol. The Balaban J connectivity index is 3.61. The minimum Gasteiger partial charge on any atom is -0.392 e. The Labute approximate surface area is 99.6 Å². The lowest BCUT2D eigenvalue weighted by atomic mass is 10.1. The molecule has 0 aromatic heterocycles. The maximum atomic E-state index is 11.1. The zero-order valence-corrected chi connectivity index (χ0v) is 10.4. The van der Waals surface area contributed by atoms with E-state index in [4.69, 9.17) is 21.1 Å². The summed E-state index contributed by atoms with van der Waals surface area (Å²) >= 11 is 2.97. The van der Waals surface area contributed by atoms with Crippen LogP contribution >= 0.6 is 26.6 Å². The highest BCUT2D eigenvalue weighted by Gasteiger charge is 2.18. The second-order valence-corrected chi connectivity index (χ2v) is 5.99. The van der Waals surface area contributed by atoms with Gasteiger partial charge < -0.3 is 5.11 Å². The summed E-state index contributed by atoms with van der Waals surface area (Å²) in [5.41, 5.74) is 0.426. The number of nitriles is 1. The normalized spacial score (nSPS) is 11.1. The molecule has 0 unspecified atom stereocenters. The first-order valence-electron chi connectivity index (χ1n) is 3.68. The highest BCUT2D eigenvalue weighted by atomic mass is 79.9. The number of rotatable bonds is 2. The van der Waals surface area contributed by atoms with Crippen molar-refractivity contribution < 1.29 is 13.5 Å². The summed E-state index contributed by atoms with van der Waals surface area (Å²) < 4.78 is 22.4. The molecule has 0 bridgehead atoms. The van der Waals surface area contributed by atoms with E-state index in [0.717, 1.165) is 0 Å². The first-order chi connectivity index (χ1) is 6.90. The van der Waals surface area contributed by atoms with E-state index in [1.165, 1.54) is 12.1 Å². The van der Waals surface area contributed by atoms with E-state index in [9.17, 15) is 8.42 Å². The molecule has 0 radical (unpaired) electrons. The number of hydrogen-bond donors (Lipinski definition) is 1. The molecule has 1 rings (SSSR count). The van der Waals surface area contributed by atoms with Gasteiger partial charge in [-0.25, -0.2) is 8.42 Å². The average Bonchev–Trinajstić information content (AvgIpc) is 2.16. The summed E-state index contributed by atoms with van der Waals surface area (Å²) in [4.78, 5) is -0.215. The molecule has 0 heterocycles. The smallest absolute Gasteiger partial charge is 0.262 e. The van der Waals surface area contributed by atoms with Gasteiger partial charge >= 0.3 is 0 Å². The Hall–Kier alpha value is -0.610. The third-order valence-electron chi connectivity index (χ3n) is 1.66. The minimum absolute atomic E-state index is 0.109. The Bertz CT molecular complexity index is 536. The SMILES string of the molecule is N#Cc1cc(CO)cc(S(=O)(=O)Cl)c1Br. The molecular weight excluding hydrogens is 306 g/mol. The molecule has 1 N–H and O–H groups in total. The molecule has 4 nitrogen and oxygen atoms in total. The lowest BCUT2D eigenvalue weighted by Crippen LogP contribution is -1.97. The fourth-order valence-electron chi connectivity index (χ4n) is 1.00. The maximum Gasteiger partial charge on any atom is 0.262 e. The third-order valence-corrected chi connectivity index (χ3v) is 4.13. The van der Waals surface area contributed by atoms with Crippen molar-refractivity contribution in [3.8, 4) is 6.07 Å². The summed E-state index contributed by atoms with van der Waals surface area (Å²) in [7, 11) is 1.24. The van der Waals surface area contributed by atoms with E-state index in [2.05, 4.69) is 15.9 Å². The largest absolute Gasteiger partial charge is 0.392 e. The van der Waals surface area contributed by atoms with Crippen LogP contribution in [0.2, 0.25) is 0 Å². The maximum absolute atomic E-state index is 11.1. The summed E-state index contributed by atoms with van der Waals surface area (Å²) in [6.07, 6.45) is 0. The van der Waals surface area contributed by atoms with Gasteiger partial charge in [-0.3, -0.25) is 0 Å². The van der Waals surface area contributed by atoms with Gasteiger partial charge in [0.2, 0.25) is 0 Å². The molecule has 0 amide bonds. The van der Waals surface area contributed by atoms with Gasteiger partial charge in [-0.15, -0.1) is 0 Å². The van der Waals surface area contributed by atoms with Crippen molar-refractivity contribution in [1.29, 1.82) is 5.26 Å². The first kappa shape index (κ1) is 12.5. The second kappa shape index (κ2) is 4.49. The minimum atomic E-state index is -3.94. The number of hydrogen-bond acceptors (Lipinski definition) is 4. The lowest BCUT2D eigenvalue weighted by Gasteiger charge is -2.05. The fourth-order valence-corrected chi connectivity index (χ4v) is 3.22. The number of aliphatic hydroxyl groups excluding tert-OH is 1. The van der Waals surface area contributed by atoms with Crippen LogP contribution < -0.4 is 0 Å². The summed E-state index contributed by atoms with van der Waals surface area (Å²) in [6.45, 7) is -0.360. The molecule has 1 aromatic rings. The van der Waals surface area contributed by atoms with Gasteiger partial charge in [0.25, 0.3) is 9.05 Å². The number of nitrogens with zero attached hydrogens (tertiary/aromatic N) is 1. The van der Waals surface area contributed by atoms with E-state index in [1.54, 1.807) is 6.07 Å². The quantitative estimate of drug-likeness (QED) is 0.844. The van der Waals surface area contributed by atoms with Gasteiger partial charge in [0.15, 0.2) is 0 Å². The van der Waals surface area contributed by atoms with Gasteiger partial charge in [-0.1, -0.05) is 0 Å². The van der Waals surface area contributed by atoms with Crippen LogP contribution in [-0.4, -0.2) is 13.5 Å². The molecule has 0 aliphatic rings. The van der Waals surface area contributed by atoms with E-state index >= 15 is 0 Å². The van der Waals surface area contributed by atoms with Crippen molar-refractivity contribution in [2.45, 2.75) is 11.5 Å². The van der Waals surface area contributed by atoms with Gasteiger partial charge in [0.1, 0.15) is 6.07 Å². The summed E-state index contributed by atoms with van der Waals surface area (Å²) in [5, 5.41) is 17.6. The fraction of sp³-hybridized carbons (Fsp3) is 0.125. The number of benzene rings is 1. The van der Waals surface area contributed by atoms with Gasteiger partial charge in [-0.05, 0) is 33.6 Å².